The number of carbonyl (C=O) groups is 3. The molecule has 1 aliphatic heterocycles. The first-order valence-corrected chi connectivity index (χ1v) is 10.6. The summed E-state index contributed by atoms with van der Waals surface area (Å²) in [5.41, 5.74) is 2.25. The fourth-order valence-corrected chi connectivity index (χ4v) is 4.55. The number of benzene rings is 1. The van der Waals surface area contributed by atoms with Gasteiger partial charge >= 0.3 is 6.09 Å². The SMILES string of the molecule is CN(C(=O)ONC(=O)c1cccc(S(=O)(=O)N2CCC2)c1)C(=O)c1ccsc1. The maximum atomic E-state index is 12.4. The molecule has 1 saturated heterocycles. The molecule has 148 valence electrons. The van der Waals surface area contributed by atoms with Gasteiger partial charge in [-0.1, -0.05) is 6.07 Å². The number of nitrogens with zero attached hydrogens (tertiary/aromatic N) is 2. The van der Waals surface area contributed by atoms with Gasteiger partial charge in [0.05, 0.1) is 10.5 Å². The van der Waals surface area contributed by atoms with E-state index in [9.17, 15) is 22.8 Å². The van der Waals surface area contributed by atoms with Crippen molar-refractivity contribution in [3.05, 3.63) is 52.2 Å². The van der Waals surface area contributed by atoms with E-state index in [0.29, 0.717) is 23.6 Å². The lowest BCUT2D eigenvalue weighted by atomic mass is 10.2. The van der Waals surface area contributed by atoms with Gasteiger partial charge in [-0.3, -0.25) is 9.59 Å². The Morgan fingerprint density at radius 2 is 1.93 bits per heavy atom. The summed E-state index contributed by atoms with van der Waals surface area (Å²) in [6.45, 7) is 0.891. The standard InChI is InChI=1S/C17H17N3O6S2/c1-19(16(22)13-6-9-27-11-13)17(23)26-18-15(21)12-4-2-5-14(10-12)28(24,25)20-7-3-8-20/h2,4-6,9-11H,3,7-8H2,1H3,(H,18,21). The van der Waals surface area contributed by atoms with Crippen molar-refractivity contribution in [3.63, 3.8) is 0 Å². The summed E-state index contributed by atoms with van der Waals surface area (Å²) in [4.78, 5) is 41.6. The Kier molecular flexibility index (Phi) is 5.77. The van der Waals surface area contributed by atoms with Crippen LogP contribution in [0, 0.1) is 0 Å². The summed E-state index contributed by atoms with van der Waals surface area (Å²) in [6.07, 6.45) is -0.276. The largest absolute Gasteiger partial charge is 0.440 e. The second-order valence-corrected chi connectivity index (χ2v) is 8.68. The number of thiophene rings is 1. The molecule has 2 aromatic rings. The van der Waals surface area contributed by atoms with Crippen LogP contribution >= 0.6 is 11.3 Å². The number of imide groups is 1. The van der Waals surface area contributed by atoms with Gasteiger partial charge in [-0.2, -0.15) is 21.1 Å². The maximum absolute atomic E-state index is 12.4. The molecule has 0 radical (unpaired) electrons. The Bertz CT molecular complexity index is 1000. The Morgan fingerprint density at radius 1 is 1.18 bits per heavy atom. The number of nitrogens with one attached hydrogen (secondary N) is 1. The number of amides is 3. The predicted octanol–water partition coefficient (Wildman–Crippen LogP) is 1.70. The van der Waals surface area contributed by atoms with Gasteiger partial charge in [-0.05, 0) is 36.1 Å². The van der Waals surface area contributed by atoms with Crippen LogP contribution in [-0.2, 0) is 14.9 Å². The Labute approximate surface area is 165 Å². The van der Waals surface area contributed by atoms with Gasteiger partial charge in [0.1, 0.15) is 0 Å². The van der Waals surface area contributed by atoms with Crippen molar-refractivity contribution in [2.75, 3.05) is 20.1 Å². The first-order valence-electron chi connectivity index (χ1n) is 8.22. The smallest absolute Gasteiger partial charge is 0.321 e. The van der Waals surface area contributed by atoms with Crippen LogP contribution in [0.3, 0.4) is 0 Å². The van der Waals surface area contributed by atoms with Crippen LogP contribution in [0.2, 0.25) is 0 Å². The fraction of sp³-hybridized carbons (Fsp3) is 0.235. The molecule has 1 aromatic heterocycles. The summed E-state index contributed by atoms with van der Waals surface area (Å²) in [5.74, 6) is -1.39. The highest BCUT2D eigenvalue weighted by Crippen LogP contribution is 2.21. The van der Waals surface area contributed by atoms with Crippen molar-refractivity contribution >= 4 is 39.3 Å². The number of hydroxylamine groups is 1. The van der Waals surface area contributed by atoms with E-state index in [1.54, 1.807) is 16.8 Å². The highest BCUT2D eigenvalue weighted by molar-refractivity contribution is 7.89. The van der Waals surface area contributed by atoms with Crippen molar-refractivity contribution in [3.8, 4) is 0 Å². The molecule has 0 spiro atoms. The summed E-state index contributed by atoms with van der Waals surface area (Å²) >= 11 is 1.30. The zero-order valence-electron chi connectivity index (χ0n) is 14.8. The topological polar surface area (TPSA) is 113 Å². The van der Waals surface area contributed by atoms with E-state index in [0.717, 1.165) is 6.42 Å². The second-order valence-electron chi connectivity index (χ2n) is 5.96. The summed E-state index contributed by atoms with van der Waals surface area (Å²) in [6, 6.07) is 6.97. The normalized spacial score (nSPS) is 14.0. The molecule has 1 aliphatic rings. The van der Waals surface area contributed by atoms with Gasteiger partial charge < -0.3 is 4.84 Å². The minimum absolute atomic E-state index is 0.00112. The monoisotopic (exact) mass is 423 g/mol. The number of rotatable bonds is 4. The molecular formula is C17H17N3O6S2. The van der Waals surface area contributed by atoms with Gasteiger partial charge in [0, 0.05) is 31.1 Å². The number of carbonyl (C=O) groups excluding carboxylic acids is 3. The predicted molar refractivity (Wildman–Crippen MR) is 100 cm³/mol. The van der Waals surface area contributed by atoms with E-state index in [2.05, 4.69) is 4.84 Å². The molecule has 11 heteroatoms. The van der Waals surface area contributed by atoms with Crippen LogP contribution in [0.15, 0.2) is 46.0 Å². The van der Waals surface area contributed by atoms with Crippen LogP contribution in [0.25, 0.3) is 0 Å². The Hall–Kier alpha value is -2.76. The highest BCUT2D eigenvalue weighted by atomic mass is 32.2. The third-order valence-corrected chi connectivity index (χ3v) is 6.70. The lowest BCUT2D eigenvalue weighted by molar-refractivity contribution is 0.0416. The fourth-order valence-electron chi connectivity index (χ4n) is 2.35. The molecule has 2 heterocycles. The van der Waals surface area contributed by atoms with Gasteiger partial charge in [0.15, 0.2) is 0 Å². The van der Waals surface area contributed by atoms with Crippen molar-refractivity contribution in [1.29, 1.82) is 0 Å². The molecule has 0 unspecified atom stereocenters. The molecule has 3 amide bonds. The molecule has 0 saturated carbocycles. The van der Waals surface area contributed by atoms with Crippen LogP contribution in [0.5, 0.6) is 0 Å². The van der Waals surface area contributed by atoms with Crippen LogP contribution < -0.4 is 5.48 Å². The van der Waals surface area contributed by atoms with Crippen molar-refractivity contribution in [1.82, 2.24) is 14.7 Å². The van der Waals surface area contributed by atoms with Gasteiger partial charge in [0.25, 0.3) is 11.8 Å². The van der Waals surface area contributed by atoms with E-state index in [4.69, 9.17) is 0 Å². The van der Waals surface area contributed by atoms with E-state index in [-0.39, 0.29) is 10.5 Å². The van der Waals surface area contributed by atoms with E-state index in [1.165, 1.54) is 47.0 Å². The molecule has 0 bridgehead atoms. The molecule has 9 nitrogen and oxygen atoms in total. The molecule has 3 rings (SSSR count). The van der Waals surface area contributed by atoms with Crippen molar-refractivity contribution < 1.29 is 27.6 Å². The average Bonchev–Trinajstić information content (AvgIpc) is 3.17. The molecule has 0 aliphatic carbocycles. The summed E-state index contributed by atoms with van der Waals surface area (Å²) in [7, 11) is -2.43. The van der Waals surface area contributed by atoms with Gasteiger partial charge in [-0.25, -0.2) is 18.1 Å². The van der Waals surface area contributed by atoms with E-state index < -0.39 is 27.9 Å². The van der Waals surface area contributed by atoms with Gasteiger partial charge in [0.2, 0.25) is 10.0 Å². The molecule has 1 N–H and O–H groups in total. The first kappa shape index (κ1) is 20.0. The number of hydrogen-bond acceptors (Lipinski definition) is 7. The summed E-state index contributed by atoms with van der Waals surface area (Å²) < 4.78 is 26.1. The molecule has 28 heavy (non-hydrogen) atoms. The Balaban J connectivity index is 1.63. The van der Waals surface area contributed by atoms with Gasteiger partial charge in [-0.15, -0.1) is 0 Å². The highest BCUT2D eigenvalue weighted by Gasteiger charge is 2.30. The molecule has 1 fully saturated rings. The third kappa shape index (κ3) is 4.06. The lowest BCUT2D eigenvalue weighted by Gasteiger charge is -2.29. The third-order valence-electron chi connectivity index (χ3n) is 4.13. The summed E-state index contributed by atoms with van der Waals surface area (Å²) in [5, 5.41) is 3.27. The minimum Gasteiger partial charge on any atom is -0.321 e. The number of hydrogen-bond donors (Lipinski definition) is 1. The minimum atomic E-state index is -3.65. The second kappa shape index (κ2) is 8.09. The number of sulfonamides is 1. The molecule has 0 atom stereocenters. The Morgan fingerprint density at radius 3 is 2.54 bits per heavy atom. The van der Waals surface area contributed by atoms with Crippen LogP contribution in [0.4, 0.5) is 4.79 Å². The first-order chi connectivity index (χ1) is 13.3. The lowest BCUT2D eigenvalue weighted by Crippen LogP contribution is -2.42. The molecule has 1 aromatic carbocycles. The quantitative estimate of drug-likeness (QED) is 0.749. The van der Waals surface area contributed by atoms with Crippen molar-refractivity contribution in [2.45, 2.75) is 11.3 Å². The zero-order chi connectivity index (χ0) is 20.3. The molecular weight excluding hydrogens is 406 g/mol. The average molecular weight is 423 g/mol. The van der Waals surface area contributed by atoms with Crippen LogP contribution in [0.1, 0.15) is 27.1 Å². The van der Waals surface area contributed by atoms with E-state index in [1.807, 2.05) is 5.48 Å². The van der Waals surface area contributed by atoms with Crippen molar-refractivity contribution in [2.24, 2.45) is 0 Å². The maximum Gasteiger partial charge on any atom is 0.440 e. The van der Waals surface area contributed by atoms with E-state index >= 15 is 0 Å². The van der Waals surface area contributed by atoms with Crippen LogP contribution in [-0.4, -0.2) is 55.7 Å². The zero-order valence-corrected chi connectivity index (χ0v) is 16.5.